The normalized spacial score (nSPS) is 15.8. The molecule has 166 valence electrons. The van der Waals surface area contributed by atoms with E-state index in [0.29, 0.717) is 25.5 Å². The number of aryl methyl sites for hydroxylation is 1. The molecule has 0 aliphatic carbocycles. The molecule has 2 aliphatic heterocycles. The molecule has 7 nitrogen and oxygen atoms in total. The van der Waals surface area contributed by atoms with Crippen molar-refractivity contribution in [2.75, 3.05) is 33.0 Å². The first-order chi connectivity index (χ1) is 15.6. The number of benzene rings is 2. The van der Waals surface area contributed by atoms with Crippen LogP contribution in [0.1, 0.15) is 17.9 Å². The number of amides is 1. The number of carbonyl (C=O) groups is 1. The first-order valence-corrected chi connectivity index (χ1v) is 11.5. The molecule has 8 heteroatoms. The molecule has 0 unspecified atom stereocenters. The number of hydrogen-bond acceptors (Lipinski definition) is 6. The maximum absolute atomic E-state index is 12.7. The van der Waals surface area contributed by atoms with Gasteiger partial charge in [0.1, 0.15) is 0 Å². The van der Waals surface area contributed by atoms with Crippen molar-refractivity contribution < 1.29 is 18.7 Å². The Bertz CT molecular complexity index is 1090. The van der Waals surface area contributed by atoms with Gasteiger partial charge in [0.15, 0.2) is 23.1 Å². The average molecular weight is 498 g/mol. The molecule has 3 heterocycles. The minimum Gasteiger partial charge on any atom is -0.454 e. The van der Waals surface area contributed by atoms with Gasteiger partial charge in [-0.1, -0.05) is 34.1 Å². The number of piperazine rings is 1. The quantitative estimate of drug-likeness (QED) is 0.510. The van der Waals surface area contributed by atoms with E-state index in [4.69, 9.17) is 13.9 Å². The molecule has 0 radical (unpaired) electrons. The molecule has 2 aliphatic rings. The van der Waals surface area contributed by atoms with E-state index in [9.17, 15) is 4.79 Å². The number of hydrogen-bond donors (Lipinski definition) is 0. The lowest BCUT2D eigenvalue weighted by Gasteiger charge is -2.34. The minimum atomic E-state index is 0.149. The van der Waals surface area contributed by atoms with Crippen LogP contribution in [0.2, 0.25) is 0 Å². The number of rotatable bonds is 6. The van der Waals surface area contributed by atoms with Crippen LogP contribution in [0.25, 0.3) is 11.3 Å². The molecular weight excluding hydrogens is 474 g/mol. The smallest absolute Gasteiger partial charge is 0.231 e. The summed E-state index contributed by atoms with van der Waals surface area (Å²) in [6.07, 6.45) is 2.63. The predicted molar refractivity (Wildman–Crippen MR) is 122 cm³/mol. The molecule has 3 aromatic rings. The van der Waals surface area contributed by atoms with Crippen LogP contribution in [0.4, 0.5) is 0 Å². The third-order valence-electron chi connectivity index (χ3n) is 5.80. The Morgan fingerprint density at radius 2 is 1.78 bits per heavy atom. The van der Waals surface area contributed by atoms with Crippen LogP contribution in [0.3, 0.4) is 0 Å². The molecule has 1 amide bonds. The largest absolute Gasteiger partial charge is 0.454 e. The third-order valence-corrected chi connectivity index (χ3v) is 6.33. The topological polar surface area (TPSA) is 68.0 Å². The van der Waals surface area contributed by atoms with Gasteiger partial charge in [0, 0.05) is 55.6 Å². The lowest BCUT2D eigenvalue weighted by molar-refractivity contribution is -0.133. The van der Waals surface area contributed by atoms with Crippen molar-refractivity contribution in [3.05, 3.63) is 64.6 Å². The molecule has 0 bridgehead atoms. The van der Waals surface area contributed by atoms with Crippen molar-refractivity contribution in [2.24, 2.45) is 0 Å². The second kappa shape index (κ2) is 9.34. The fourth-order valence-corrected chi connectivity index (χ4v) is 4.26. The summed E-state index contributed by atoms with van der Waals surface area (Å²) >= 11 is 3.43. The van der Waals surface area contributed by atoms with E-state index in [1.54, 1.807) is 6.20 Å². The van der Waals surface area contributed by atoms with Gasteiger partial charge in [-0.15, -0.1) is 0 Å². The second-order valence-electron chi connectivity index (χ2n) is 7.97. The SMILES string of the molecule is O=C(CCc1ncc(-c2ccc(Br)cc2)o1)N1CCN(Cc2ccc3c(c2)OCO3)CC1. The van der Waals surface area contributed by atoms with E-state index >= 15 is 0 Å². The van der Waals surface area contributed by atoms with E-state index in [2.05, 4.69) is 31.9 Å². The second-order valence-corrected chi connectivity index (χ2v) is 8.89. The monoisotopic (exact) mass is 497 g/mol. The van der Waals surface area contributed by atoms with Crippen LogP contribution in [0, 0.1) is 0 Å². The zero-order chi connectivity index (χ0) is 21.9. The number of oxazole rings is 1. The van der Waals surface area contributed by atoms with Crippen molar-refractivity contribution in [1.82, 2.24) is 14.8 Å². The summed E-state index contributed by atoms with van der Waals surface area (Å²) in [7, 11) is 0. The van der Waals surface area contributed by atoms with Gasteiger partial charge in [-0.3, -0.25) is 9.69 Å². The molecule has 32 heavy (non-hydrogen) atoms. The fourth-order valence-electron chi connectivity index (χ4n) is 4.00. The summed E-state index contributed by atoms with van der Waals surface area (Å²) in [5.74, 6) is 3.08. The van der Waals surface area contributed by atoms with Crippen molar-refractivity contribution >= 4 is 21.8 Å². The lowest BCUT2D eigenvalue weighted by atomic mass is 10.1. The van der Waals surface area contributed by atoms with E-state index in [0.717, 1.165) is 60.0 Å². The van der Waals surface area contributed by atoms with E-state index in [-0.39, 0.29) is 5.91 Å². The van der Waals surface area contributed by atoms with Crippen molar-refractivity contribution in [3.63, 3.8) is 0 Å². The maximum atomic E-state index is 12.7. The Labute approximate surface area is 195 Å². The maximum Gasteiger partial charge on any atom is 0.231 e. The highest BCUT2D eigenvalue weighted by molar-refractivity contribution is 9.10. The molecule has 0 saturated carbocycles. The van der Waals surface area contributed by atoms with Gasteiger partial charge < -0.3 is 18.8 Å². The molecule has 1 aromatic heterocycles. The Hall–Kier alpha value is -2.84. The van der Waals surface area contributed by atoms with Gasteiger partial charge >= 0.3 is 0 Å². The van der Waals surface area contributed by atoms with Gasteiger partial charge in [-0.2, -0.15) is 0 Å². The Morgan fingerprint density at radius 1 is 1.00 bits per heavy atom. The number of carbonyl (C=O) groups excluding carboxylic acids is 1. The Balaban J connectivity index is 1.08. The summed E-state index contributed by atoms with van der Waals surface area (Å²) in [4.78, 5) is 21.3. The first kappa shape index (κ1) is 21.0. The zero-order valence-corrected chi connectivity index (χ0v) is 19.2. The number of halogens is 1. The van der Waals surface area contributed by atoms with Gasteiger partial charge in [0.05, 0.1) is 6.20 Å². The molecule has 1 fully saturated rings. The van der Waals surface area contributed by atoms with E-state index < -0.39 is 0 Å². The zero-order valence-electron chi connectivity index (χ0n) is 17.6. The van der Waals surface area contributed by atoms with Crippen LogP contribution in [-0.4, -0.2) is 53.7 Å². The molecule has 2 aromatic carbocycles. The molecule has 0 N–H and O–H groups in total. The third kappa shape index (κ3) is 4.81. The van der Waals surface area contributed by atoms with Gasteiger partial charge in [-0.25, -0.2) is 4.98 Å². The summed E-state index contributed by atoms with van der Waals surface area (Å²) in [5.41, 5.74) is 2.16. The van der Waals surface area contributed by atoms with Crippen LogP contribution in [-0.2, 0) is 17.8 Å². The summed E-state index contributed by atoms with van der Waals surface area (Å²) in [6.45, 7) is 4.31. The van der Waals surface area contributed by atoms with Crippen LogP contribution >= 0.6 is 15.9 Å². The number of fused-ring (bicyclic) bond motifs is 1. The fraction of sp³-hybridized carbons (Fsp3) is 0.333. The predicted octanol–water partition coefficient (Wildman–Crippen LogP) is 4.11. The number of ether oxygens (including phenoxy) is 2. The highest BCUT2D eigenvalue weighted by atomic mass is 79.9. The van der Waals surface area contributed by atoms with Gasteiger partial charge in [-0.05, 0) is 29.8 Å². The standard InChI is InChI=1S/C24H24BrN3O4/c25-19-4-2-18(3-5-19)22-14-26-23(32-22)7-8-24(29)28-11-9-27(10-12-28)15-17-1-6-20-21(13-17)31-16-30-20/h1-6,13-14H,7-12,15-16H2. The summed E-state index contributed by atoms with van der Waals surface area (Å²) in [5, 5.41) is 0. The molecule has 1 saturated heterocycles. The van der Waals surface area contributed by atoms with E-state index in [1.807, 2.05) is 41.3 Å². The molecular formula is C24H24BrN3O4. The molecule has 0 spiro atoms. The summed E-state index contributed by atoms with van der Waals surface area (Å²) in [6, 6.07) is 14.0. The Kier molecular flexibility index (Phi) is 6.14. The van der Waals surface area contributed by atoms with Crippen molar-refractivity contribution in [3.8, 4) is 22.8 Å². The van der Waals surface area contributed by atoms with E-state index in [1.165, 1.54) is 5.56 Å². The first-order valence-electron chi connectivity index (χ1n) is 10.7. The highest BCUT2D eigenvalue weighted by Crippen LogP contribution is 2.33. The van der Waals surface area contributed by atoms with Gasteiger partial charge in [0.25, 0.3) is 0 Å². The van der Waals surface area contributed by atoms with Crippen molar-refractivity contribution in [1.29, 1.82) is 0 Å². The highest BCUT2D eigenvalue weighted by Gasteiger charge is 2.22. The van der Waals surface area contributed by atoms with Crippen LogP contribution in [0.15, 0.2) is 57.6 Å². The van der Waals surface area contributed by atoms with Gasteiger partial charge in [0.2, 0.25) is 12.7 Å². The lowest BCUT2D eigenvalue weighted by Crippen LogP contribution is -2.48. The number of nitrogens with zero attached hydrogens (tertiary/aromatic N) is 3. The number of aromatic nitrogens is 1. The molecule has 5 rings (SSSR count). The van der Waals surface area contributed by atoms with Crippen molar-refractivity contribution in [2.45, 2.75) is 19.4 Å². The van der Waals surface area contributed by atoms with Crippen LogP contribution < -0.4 is 9.47 Å². The van der Waals surface area contributed by atoms with Crippen LogP contribution in [0.5, 0.6) is 11.5 Å². The minimum absolute atomic E-state index is 0.149. The summed E-state index contributed by atoms with van der Waals surface area (Å²) < 4.78 is 17.7. The molecule has 0 atom stereocenters. The average Bonchev–Trinajstić information content (AvgIpc) is 3.48. The Morgan fingerprint density at radius 3 is 2.59 bits per heavy atom.